The number of aliphatic hydroxyl groups is 1. The number of carbonyl (C=O) groups is 1. The van der Waals surface area contributed by atoms with E-state index in [1.807, 2.05) is 5.32 Å². The number of hydrogen-bond acceptors (Lipinski definition) is 6. The van der Waals surface area contributed by atoms with Crippen LogP contribution < -0.4 is 14.8 Å². The average molecular weight is 400 g/mol. The molecule has 0 unspecified atom stereocenters. The van der Waals surface area contributed by atoms with Crippen LogP contribution in [0.5, 0.6) is 11.5 Å². The Morgan fingerprint density at radius 2 is 1.65 bits per heavy atom. The van der Waals surface area contributed by atoms with E-state index in [-0.39, 0.29) is 29.0 Å². The summed E-state index contributed by atoms with van der Waals surface area (Å²) >= 11 is 0. The molecule has 0 fully saturated rings. The predicted octanol–water partition coefficient (Wildman–Crippen LogP) is 1.21. The first-order valence-corrected chi connectivity index (χ1v) is 8.43. The standard InChI is InChI=1S/C14H19F3N2O6S/c1-13(21,14(15,16)17)12(20)18-8-6-10(25-5)11(7-9(8)24-4)26(22,23)19(2)3/h6-7,21H,1-5H3,(H,18,20)/t13-/m1/s1. The summed E-state index contributed by atoms with van der Waals surface area (Å²) in [7, 11) is 0.865. The van der Waals surface area contributed by atoms with E-state index in [2.05, 4.69) is 0 Å². The highest BCUT2D eigenvalue weighted by molar-refractivity contribution is 7.89. The molecule has 12 heteroatoms. The fourth-order valence-corrected chi connectivity index (χ4v) is 2.78. The molecule has 1 aromatic carbocycles. The molecule has 0 bridgehead atoms. The molecule has 0 spiro atoms. The number of rotatable bonds is 6. The van der Waals surface area contributed by atoms with Crippen molar-refractivity contribution in [2.24, 2.45) is 0 Å². The van der Waals surface area contributed by atoms with E-state index in [1.165, 1.54) is 14.1 Å². The van der Waals surface area contributed by atoms with Crippen molar-refractivity contribution in [1.82, 2.24) is 4.31 Å². The molecule has 0 aliphatic heterocycles. The number of nitrogens with zero attached hydrogens (tertiary/aromatic N) is 1. The number of carbonyl (C=O) groups excluding carboxylic acids is 1. The van der Waals surface area contributed by atoms with Crippen LogP contribution in [0, 0.1) is 0 Å². The Hall–Kier alpha value is -2.05. The maximum atomic E-state index is 12.8. The van der Waals surface area contributed by atoms with Crippen LogP contribution in [0.3, 0.4) is 0 Å². The fourth-order valence-electron chi connectivity index (χ4n) is 1.74. The van der Waals surface area contributed by atoms with Gasteiger partial charge in [0.15, 0.2) is 0 Å². The van der Waals surface area contributed by atoms with Crippen LogP contribution >= 0.6 is 0 Å². The van der Waals surface area contributed by atoms with Gasteiger partial charge in [-0.05, 0) is 6.92 Å². The van der Waals surface area contributed by atoms with Gasteiger partial charge < -0.3 is 19.9 Å². The molecule has 0 aromatic heterocycles. The summed E-state index contributed by atoms with van der Waals surface area (Å²) in [5.74, 6) is -2.24. The average Bonchev–Trinajstić information content (AvgIpc) is 2.52. The van der Waals surface area contributed by atoms with Gasteiger partial charge in [-0.1, -0.05) is 0 Å². The smallest absolute Gasteiger partial charge is 0.426 e. The maximum absolute atomic E-state index is 12.8. The van der Waals surface area contributed by atoms with E-state index in [1.54, 1.807) is 0 Å². The van der Waals surface area contributed by atoms with Crippen molar-refractivity contribution in [3.8, 4) is 11.5 Å². The van der Waals surface area contributed by atoms with Crippen LogP contribution in [-0.2, 0) is 14.8 Å². The number of hydrogen-bond donors (Lipinski definition) is 2. The first-order valence-electron chi connectivity index (χ1n) is 6.99. The van der Waals surface area contributed by atoms with E-state index >= 15 is 0 Å². The summed E-state index contributed by atoms with van der Waals surface area (Å²) in [6.07, 6.45) is -5.22. The third-order valence-corrected chi connectivity index (χ3v) is 5.32. The van der Waals surface area contributed by atoms with E-state index < -0.39 is 27.7 Å². The van der Waals surface area contributed by atoms with Gasteiger partial charge in [-0.2, -0.15) is 13.2 Å². The van der Waals surface area contributed by atoms with E-state index in [9.17, 15) is 31.5 Å². The molecule has 0 saturated carbocycles. The number of sulfonamides is 1. The summed E-state index contributed by atoms with van der Waals surface area (Å²) in [5.41, 5.74) is -3.98. The summed E-state index contributed by atoms with van der Waals surface area (Å²) in [6, 6.07) is 1.98. The van der Waals surface area contributed by atoms with Crippen LogP contribution in [0.4, 0.5) is 18.9 Å². The quantitative estimate of drug-likeness (QED) is 0.744. The van der Waals surface area contributed by atoms with Gasteiger partial charge in [0.25, 0.3) is 5.91 Å². The summed E-state index contributed by atoms with van der Waals surface area (Å²) in [5, 5.41) is 11.3. The van der Waals surface area contributed by atoms with Crippen molar-refractivity contribution in [3.05, 3.63) is 12.1 Å². The third kappa shape index (κ3) is 4.02. The molecule has 26 heavy (non-hydrogen) atoms. The Labute approximate surface area is 148 Å². The molecule has 0 aliphatic rings. The topological polar surface area (TPSA) is 105 Å². The number of amides is 1. The maximum Gasteiger partial charge on any atom is 0.426 e. The van der Waals surface area contributed by atoms with Gasteiger partial charge in [0.1, 0.15) is 16.4 Å². The van der Waals surface area contributed by atoms with Gasteiger partial charge in [-0.15, -0.1) is 0 Å². The lowest BCUT2D eigenvalue weighted by molar-refractivity contribution is -0.242. The second kappa shape index (κ2) is 7.29. The SMILES string of the molecule is COc1cc(S(=O)(=O)N(C)C)c(OC)cc1NC(=O)[C@@](C)(O)C(F)(F)F. The Bertz CT molecular complexity index is 791. The molecule has 1 rings (SSSR count). The number of ether oxygens (including phenoxy) is 2. The molecule has 1 atom stereocenters. The first-order chi connectivity index (χ1) is 11.7. The molecule has 2 N–H and O–H groups in total. The monoisotopic (exact) mass is 400 g/mol. The lowest BCUT2D eigenvalue weighted by atomic mass is 10.1. The van der Waals surface area contributed by atoms with Crippen molar-refractivity contribution in [2.45, 2.75) is 23.6 Å². The van der Waals surface area contributed by atoms with Crippen LogP contribution in [0.1, 0.15) is 6.92 Å². The van der Waals surface area contributed by atoms with Gasteiger partial charge in [0, 0.05) is 26.2 Å². The van der Waals surface area contributed by atoms with Crippen molar-refractivity contribution in [2.75, 3.05) is 33.6 Å². The van der Waals surface area contributed by atoms with Gasteiger partial charge in [-0.3, -0.25) is 4.79 Å². The van der Waals surface area contributed by atoms with Crippen LogP contribution in [0.2, 0.25) is 0 Å². The lowest BCUT2D eigenvalue weighted by Crippen LogP contribution is -2.52. The van der Waals surface area contributed by atoms with Crippen molar-refractivity contribution < 1.29 is 41.0 Å². The van der Waals surface area contributed by atoms with E-state index in [0.717, 1.165) is 30.7 Å². The third-order valence-electron chi connectivity index (χ3n) is 3.49. The molecular formula is C14H19F3N2O6S. The Morgan fingerprint density at radius 1 is 1.15 bits per heavy atom. The number of alkyl halides is 3. The second-order valence-corrected chi connectivity index (χ2v) is 7.64. The minimum atomic E-state index is -5.22. The van der Waals surface area contributed by atoms with Gasteiger partial charge >= 0.3 is 6.18 Å². The molecule has 148 valence electrons. The molecule has 0 radical (unpaired) electrons. The second-order valence-electron chi connectivity index (χ2n) is 5.51. The largest absolute Gasteiger partial charge is 0.495 e. The summed E-state index contributed by atoms with van der Waals surface area (Å²) < 4.78 is 73.8. The first kappa shape index (κ1) is 22.0. The van der Waals surface area contributed by atoms with Crippen molar-refractivity contribution >= 4 is 21.6 Å². The number of halogens is 3. The molecule has 1 aromatic rings. The zero-order chi connectivity index (χ0) is 20.5. The zero-order valence-electron chi connectivity index (χ0n) is 14.6. The molecule has 8 nitrogen and oxygen atoms in total. The van der Waals surface area contributed by atoms with Gasteiger partial charge in [0.05, 0.1) is 19.9 Å². The van der Waals surface area contributed by atoms with Crippen LogP contribution in [-0.4, -0.2) is 63.8 Å². The van der Waals surface area contributed by atoms with Crippen LogP contribution in [0.25, 0.3) is 0 Å². The van der Waals surface area contributed by atoms with E-state index in [0.29, 0.717) is 0 Å². The Morgan fingerprint density at radius 3 is 2.04 bits per heavy atom. The van der Waals surface area contributed by atoms with Gasteiger partial charge in [-0.25, -0.2) is 12.7 Å². The van der Waals surface area contributed by atoms with E-state index in [4.69, 9.17) is 9.47 Å². The van der Waals surface area contributed by atoms with Crippen molar-refractivity contribution in [1.29, 1.82) is 0 Å². The highest BCUT2D eigenvalue weighted by Crippen LogP contribution is 2.38. The summed E-state index contributed by atoms with van der Waals surface area (Å²) in [4.78, 5) is 11.5. The number of benzene rings is 1. The number of nitrogens with one attached hydrogen (secondary N) is 1. The highest BCUT2D eigenvalue weighted by Gasteiger charge is 2.55. The number of methoxy groups -OCH3 is 2. The van der Waals surface area contributed by atoms with Crippen molar-refractivity contribution in [3.63, 3.8) is 0 Å². The number of anilines is 1. The van der Waals surface area contributed by atoms with Gasteiger partial charge in [0.2, 0.25) is 15.6 Å². The predicted molar refractivity (Wildman–Crippen MR) is 85.7 cm³/mol. The molecule has 1 amide bonds. The fraction of sp³-hybridized carbons (Fsp3) is 0.500. The normalized spacial score (nSPS) is 14.7. The zero-order valence-corrected chi connectivity index (χ0v) is 15.4. The van der Waals surface area contributed by atoms with Crippen LogP contribution in [0.15, 0.2) is 17.0 Å². The Balaban J connectivity index is 3.46. The molecule has 0 heterocycles. The minimum Gasteiger partial charge on any atom is -0.495 e. The summed E-state index contributed by atoms with van der Waals surface area (Å²) in [6.45, 7) is 0.289. The molecule has 0 saturated heterocycles. The minimum absolute atomic E-state index is 0.235. The molecule has 0 aliphatic carbocycles. The lowest BCUT2D eigenvalue weighted by Gasteiger charge is -2.25. The Kier molecular flexibility index (Phi) is 6.16. The molecular weight excluding hydrogens is 381 g/mol. The highest BCUT2D eigenvalue weighted by atomic mass is 32.2.